The zero-order valence-electron chi connectivity index (χ0n) is 7.24. The monoisotopic (exact) mass is 194 g/mol. The van der Waals surface area contributed by atoms with Crippen LogP contribution in [0.25, 0.3) is 0 Å². The van der Waals surface area contributed by atoms with E-state index < -0.39 is 0 Å². The van der Waals surface area contributed by atoms with Gasteiger partial charge in [0.05, 0.1) is 0 Å². The van der Waals surface area contributed by atoms with Crippen molar-refractivity contribution in [3.63, 3.8) is 0 Å². The molecule has 0 bridgehead atoms. The highest BCUT2D eigenvalue weighted by Crippen LogP contribution is 2.14. The molecule has 0 aliphatic heterocycles. The molecule has 1 N–H and O–H groups in total. The summed E-state index contributed by atoms with van der Waals surface area (Å²) in [5.41, 5.74) is 0.636. The summed E-state index contributed by atoms with van der Waals surface area (Å²) in [6.45, 7) is 4.03. The molecule has 3 heteroatoms. The highest BCUT2D eigenvalue weighted by atomic mass is 27.0. The van der Waals surface area contributed by atoms with E-state index >= 15 is 0 Å². The van der Waals surface area contributed by atoms with Crippen molar-refractivity contribution in [2.24, 2.45) is 0 Å². The summed E-state index contributed by atoms with van der Waals surface area (Å²) >= 11 is 0. The van der Waals surface area contributed by atoms with Gasteiger partial charge in [0.1, 0.15) is 0 Å². The van der Waals surface area contributed by atoms with Crippen molar-refractivity contribution < 1.29 is 5.11 Å². The fourth-order valence-electron chi connectivity index (χ4n) is 0.968. The summed E-state index contributed by atoms with van der Waals surface area (Å²) in [4.78, 5) is 10.9. The van der Waals surface area contributed by atoms with Gasteiger partial charge in [-0.2, -0.15) is 0 Å². The molecule has 13 heavy (non-hydrogen) atoms. The van der Waals surface area contributed by atoms with Crippen LogP contribution < -0.4 is 5.43 Å². The highest BCUT2D eigenvalue weighted by molar-refractivity contribution is 5.75. The molecule has 0 unspecified atom stereocenters. The third kappa shape index (κ3) is 3.22. The van der Waals surface area contributed by atoms with Crippen LogP contribution in [0.5, 0.6) is 5.75 Å². The Morgan fingerprint density at radius 1 is 1.31 bits per heavy atom. The second kappa shape index (κ2) is 5.06. The fourth-order valence-corrected chi connectivity index (χ4v) is 0.968. The van der Waals surface area contributed by atoms with Crippen LogP contribution >= 0.6 is 0 Å². The Bertz CT molecular complexity index is 334. The van der Waals surface area contributed by atoms with Gasteiger partial charge in [0, 0.05) is 0 Å². The molecule has 0 aromatic heterocycles. The minimum atomic E-state index is -0.332. The number of hydrogen-bond acceptors (Lipinski definition) is 2. The van der Waals surface area contributed by atoms with Gasteiger partial charge in [-0.05, 0) is 23.6 Å². The minimum Gasteiger partial charge on any atom is -0.504 e. The lowest BCUT2D eigenvalue weighted by Gasteiger charge is -2.00. The summed E-state index contributed by atoms with van der Waals surface area (Å²) in [5, 5.41) is 9.20. The van der Waals surface area contributed by atoms with Gasteiger partial charge in [-0.15, -0.1) is 0 Å². The standard InChI is InChI=1S/C10H12O2.Al.3H/c1-7(2)8-4-3-5-9(11)10(12)6-8;;;;/h3-7H,1-2H3,(H,11,12);;;;. The van der Waals surface area contributed by atoms with E-state index in [2.05, 4.69) is 0 Å². The summed E-state index contributed by atoms with van der Waals surface area (Å²) < 4.78 is 0. The normalized spacial score (nSPS) is 9.46. The van der Waals surface area contributed by atoms with Gasteiger partial charge in [-0.25, -0.2) is 0 Å². The van der Waals surface area contributed by atoms with E-state index in [1.165, 1.54) is 12.1 Å². The first-order valence-electron chi connectivity index (χ1n) is 3.94. The predicted octanol–water partition coefficient (Wildman–Crippen LogP) is 0.692. The van der Waals surface area contributed by atoms with E-state index in [9.17, 15) is 9.90 Å². The van der Waals surface area contributed by atoms with Crippen molar-refractivity contribution >= 4 is 17.4 Å². The average Bonchev–Trinajstić information content (AvgIpc) is 2.15. The van der Waals surface area contributed by atoms with Crippen LogP contribution in [-0.2, 0) is 0 Å². The lowest BCUT2D eigenvalue weighted by atomic mass is 10.1. The van der Waals surface area contributed by atoms with E-state index in [1.54, 1.807) is 6.07 Å². The lowest BCUT2D eigenvalue weighted by molar-refractivity contribution is 0.470. The van der Waals surface area contributed by atoms with Crippen molar-refractivity contribution in [1.82, 2.24) is 0 Å². The Labute approximate surface area is 88.4 Å². The Balaban J connectivity index is 0.00000144. The SMILES string of the molecule is CC(C)c1cccc(=O)c(O)c1.[AlH3]. The lowest BCUT2D eigenvalue weighted by Crippen LogP contribution is -1.92. The van der Waals surface area contributed by atoms with Crippen LogP contribution in [0.2, 0.25) is 0 Å². The van der Waals surface area contributed by atoms with Crippen molar-refractivity contribution in [3.05, 3.63) is 40.1 Å². The first-order chi connectivity index (χ1) is 5.61. The third-order valence-corrected chi connectivity index (χ3v) is 1.76. The van der Waals surface area contributed by atoms with Gasteiger partial charge >= 0.3 is 0 Å². The van der Waals surface area contributed by atoms with Gasteiger partial charge in [-0.1, -0.05) is 26.0 Å². The molecule has 70 valence electrons. The Hall–Kier alpha value is -0.778. The van der Waals surface area contributed by atoms with Crippen molar-refractivity contribution in [1.29, 1.82) is 0 Å². The summed E-state index contributed by atoms with van der Waals surface area (Å²) in [5.74, 6) is 0.145. The maximum Gasteiger partial charge on any atom is 0.220 e. The van der Waals surface area contributed by atoms with Crippen LogP contribution in [0.15, 0.2) is 29.1 Å². The smallest absolute Gasteiger partial charge is 0.220 e. The molecule has 0 spiro atoms. The molecule has 2 nitrogen and oxygen atoms in total. The Morgan fingerprint density at radius 3 is 2.46 bits per heavy atom. The highest BCUT2D eigenvalue weighted by Gasteiger charge is 1.99. The Morgan fingerprint density at radius 2 is 1.92 bits per heavy atom. The summed E-state index contributed by atoms with van der Waals surface area (Å²) in [6.07, 6.45) is 0. The molecule has 0 radical (unpaired) electrons. The molecule has 0 saturated carbocycles. The number of hydrogen-bond donors (Lipinski definition) is 1. The maximum atomic E-state index is 10.9. The van der Waals surface area contributed by atoms with Crippen LogP contribution in [-0.4, -0.2) is 22.5 Å². The van der Waals surface area contributed by atoms with E-state index in [-0.39, 0.29) is 28.5 Å². The predicted molar refractivity (Wildman–Crippen MR) is 58.4 cm³/mol. The fraction of sp³-hybridized carbons (Fsp3) is 0.300. The van der Waals surface area contributed by atoms with Crippen LogP contribution in [0.4, 0.5) is 0 Å². The zero-order valence-corrected chi connectivity index (χ0v) is 7.24. The van der Waals surface area contributed by atoms with E-state index in [1.807, 2.05) is 19.9 Å². The summed E-state index contributed by atoms with van der Waals surface area (Å²) in [6, 6.07) is 6.39. The Kier molecular flexibility index (Phi) is 4.76. The second-order valence-corrected chi connectivity index (χ2v) is 3.07. The first kappa shape index (κ1) is 12.2. The van der Waals surface area contributed by atoms with Crippen LogP contribution in [0.1, 0.15) is 25.3 Å². The average molecular weight is 194 g/mol. The molecule has 1 rings (SSSR count). The minimum absolute atomic E-state index is 0. The third-order valence-electron chi connectivity index (χ3n) is 1.76. The second-order valence-electron chi connectivity index (χ2n) is 3.07. The quantitative estimate of drug-likeness (QED) is 0.668. The molecule has 0 aliphatic carbocycles. The van der Waals surface area contributed by atoms with E-state index in [0.717, 1.165) is 5.56 Å². The summed E-state index contributed by atoms with van der Waals surface area (Å²) in [7, 11) is 0. The van der Waals surface area contributed by atoms with Gasteiger partial charge in [0.15, 0.2) is 23.1 Å². The molecule has 0 fully saturated rings. The largest absolute Gasteiger partial charge is 0.504 e. The maximum absolute atomic E-state index is 10.9. The number of rotatable bonds is 1. The first-order valence-corrected chi connectivity index (χ1v) is 3.94. The van der Waals surface area contributed by atoms with E-state index in [4.69, 9.17) is 0 Å². The topological polar surface area (TPSA) is 37.3 Å². The molecule has 0 atom stereocenters. The number of aromatic hydroxyl groups is 1. The van der Waals surface area contributed by atoms with Gasteiger partial charge in [0.2, 0.25) is 5.43 Å². The van der Waals surface area contributed by atoms with Crippen LogP contribution in [0.3, 0.4) is 0 Å². The van der Waals surface area contributed by atoms with Crippen molar-refractivity contribution in [2.45, 2.75) is 19.8 Å². The van der Waals surface area contributed by atoms with Gasteiger partial charge < -0.3 is 5.11 Å². The van der Waals surface area contributed by atoms with Gasteiger partial charge in [-0.3, -0.25) is 4.79 Å². The van der Waals surface area contributed by atoms with Crippen LogP contribution in [0, 0.1) is 0 Å². The van der Waals surface area contributed by atoms with Gasteiger partial charge in [0.25, 0.3) is 0 Å². The molecule has 0 aliphatic rings. The molecule has 0 amide bonds. The zero-order chi connectivity index (χ0) is 9.14. The van der Waals surface area contributed by atoms with Crippen molar-refractivity contribution in [3.8, 4) is 5.75 Å². The molecule has 0 heterocycles. The molecular weight excluding hydrogens is 179 g/mol. The molecular formula is C10H15AlO2. The molecule has 1 aromatic carbocycles. The molecule has 1 aromatic rings. The van der Waals surface area contributed by atoms with E-state index in [0.29, 0.717) is 5.92 Å². The van der Waals surface area contributed by atoms with Crippen molar-refractivity contribution in [2.75, 3.05) is 0 Å². The molecule has 0 saturated heterocycles.